The second-order valence-electron chi connectivity index (χ2n) is 6.49. The van der Waals surface area contributed by atoms with E-state index in [0.29, 0.717) is 40.4 Å². The van der Waals surface area contributed by atoms with Crippen LogP contribution < -0.4 is 5.32 Å². The summed E-state index contributed by atoms with van der Waals surface area (Å²) >= 11 is 13.0. The number of nitrogens with one attached hydrogen (secondary N) is 1. The van der Waals surface area contributed by atoms with Crippen LogP contribution in [0.3, 0.4) is 0 Å². The first kappa shape index (κ1) is 20.7. The fraction of sp³-hybridized carbons (Fsp3) is 0.143. The molecule has 6 nitrogen and oxygen atoms in total. The van der Waals surface area contributed by atoms with Crippen LogP contribution in [0.2, 0.25) is 10.0 Å². The van der Waals surface area contributed by atoms with Crippen LogP contribution in [-0.4, -0.2) is 39.2 Å². The first-order chi connectivity index (χ1) is 14.5. The minimum atomic E-state index is -0.560. The van der Waals surface area contributed by atoms with E-state index in [4.69, 9.17) is 23.2 Å². The van der Waals surface area contributed by atoms with Gasteiger partial charge in [0.05, 0.1) is 16.2 Å². The Bertz CT molecular complexity index is 1170. The SMILES string of the molecule is O=C1SC(=Nc2ccccc2Cl)N(CCCNc2ccnc3cc(Cl)ccc23)C1=O. The Morgan fingerprint density at radius 1 is 1.10 bits per heavy atom. The van der Waals surface area contributed by atoms with Gasteiger partial charge in [-0.3, -0.25) is 19.5 Å². The number of hydrogen-bond acceptors (Lipinski definition) is 6. The summed E-state index contributed by atoms with van der Waals surface area (Å²) in [5.41, 5.74) is 2.26. The molecule has 0 atom stereocenters. The molecule has 152 valence electrons. The standard InChI is InChI=1S/C21H16Cl2N4O2S/c22-13-6-7-14-16(8-10-25-18(14)12-13)24-9-3-11-27-19(28)20(29)30-21(27)26-17-5-2-1-4-15(17)23/h1-2,4-8,10,12H,3,9,11H2,(H,24,25). The molecule has 1 saturated heterocycles. The Labute approximate surface area is 187 Å². The number of rotatable bonds is 6. The number of hydrogen-bond donors (Lipinski definition) is 1. The van der Waals surface area contributed by atoms with Gasteiger partial charge in [0.25, 0.3) is 5.12 Å². The highest BCUT2D eigenvalue weighted by atomic mass is 35.5. The summed E-state index contributed by atoms with van der Waals surface area (Å²) in [6.45, 7) is 0.965. The maximum absolute atomic E-state index is 12.3. The minimum absolute atomic E-state index is 0.349. The zero-order valence-electron chi connectivity index (χ0n) is 15.6. The highest BCUT2D eigenvalue weighted by Gasteiger charge is 2.36. The van der Waals surface area contributed by atoms with E-state index in [9.17, 15) is 9.59 Å². The van der Waals surface area contributed by atoms with Crippen LogP contribution in [0, 0.1) is 0 Å². The van der Waals surface area contributed by atoms with Gasteiger partial charge in [0.15, 0.2) is 5.17 Å². The fourth-order valence-electron chi connectivity index (χ4n) is 3.04. The summed E-state index contributed by atoms with van der Waals surface area (Å²) in [7, 11) is 0. The number of amides is 1. The van der Waals surface area contributed by atoms with Gasteiger partial charge in [-0.2, -0.15) is 0 Å². The molecule has 1 aliphatic rings. The van der Waals surface area contributed by atoms with Crippen molar-refractivity contribution in [1.29, 1.82) is 0 Å². The molecule has 1 N–H and O–H groups in total. The van der Waals surface area contributed by atoms with Gasteiger partial charge in [-0.25, -0.2) is 4.99 Å². The monoisotopic (exact) mass is 458 g/mol. The van der Waals surface area contributed by atoms with Crippen molar-refractivity contribution < 1.29 is 9.59 Å². The smallest absolute Gasteiger partial charge is 0.307 e. The van der Waals surface area contributed by atoms with Crippen LogP contribution in [0.1, 0.15) is 6.42 Å². The number of fused-ring (bicyclic) bond motifs is 1. The summed E-state index contributed by atoms with van der Waals surface area (Å²) in [6, 6.07) is 14.5. The number of thioether (sulfide) groups is 1. The van der Waals surface area contributed by atoms with Crippen LogP contribution in [0.5, 0.6) is 0 Å². The van der Waals surface area contributed by atoms with Gasteiger partial charge in [0.1, 0.15) is 0 Å². The molecule has 1 aromatic heterocycles. The topological polar surface area (TPSA) is 74.7 Å². The van der Waals surface area contributed by atoms with E-state index in [-0.39, 0.29) is 0 Å². The lowest BCUT2D eigenvalue weighted by atomic mass is 10.2. The maximum Gasteiger partial charge on any atom is 0.307 e. The largest absolute Gasteiger partial charge is 0.384 e. The number of anilines is 1. The first-order valence-corrected chi connectivity index (χ1v) is 10.8. The molecule has 3 aromatic rings. The third-order valence-corrected chi connectivity index (χ3v) is 5.89. The fourth-order valence-corrected chi connectivity index (χ4v) is 4.18. The summed E-state index contributed by atoms with van der Waals surface area (Å²) < 4.78 is 0. The van der Waals surface area contributed by atoms with Crippen LogP contribution >= 0.6 is 35.0 Å². The molecular formula is C21H16Cl2N4O2S. The number of aliphatic imine (C=N–C) groups is 1. The van der Waals surface area contributed by atoms with E-state index in [1.807, 2.05) is 24.3 Å². The highest BCUT2D eigenvalue weighted by Crippen LogP contribution is 2.29. The maximum atomic E-state index is 12.3. The van der Waals surface area contributed by atoms with Gasteiger partial charge >= 0.3 is 5.91 Å². The van der Waals surface area contributed by atoms with Gasteiger partial charge in [-0.05, 0) is 54.6 Å². The molecule has 0 saturated carbocycles. The van der Waals surface area contributed by atoms with E-state index in [1.54, 1.807) is 30.5 Å². The summed E-state index contributed by atoms with van der Waals surface area (Å²) in [6.07, 6.45) is 2.34. The normalized spacial score (nSPS) is 15.4. The van der Waals surface area contributed by atoms with Crippen molar-refractivity contribution in [3.8, 4) is 0 Å². The second-order valence-corrected chi connectivity index (χ2v) is 8.28. The Balaban J connectivity index is 1.43. The van der Waals surface area contributed by atoms with Crippen molar-refractivity contribution in [3.05, 3.63) is 64.8 Å². The van der Waals surface area contributed by atoms with E-state index >= 15 is 0 Å². The van der Waals surface area contributed by atoms with Crippen molar-refractivity contribution in [2.24, 2.45) is 4.99 Å². The van der Waals surface area contributed by atoms with E-state index < -0.39 is 11.0 Å². The van der Waals surface area contributed by atoms with Crippen LogP contribution in [-0.2, 0) is 9.59 Å². The number of nitrogens with zero attached hydrogens (tertiary/aromatic N) is 3. The van der Waals surface area contributed by atoms with Gasteiger partial charge in [-0.15, -0.1) is 0 Å². The molecule has 1 fully saturated rings. The third kappa shape index (κ3) is 4.43. The van der Waals surface area contributed by atoms with E-state index in [2.05, 4.69) is 15.3 Å². The van der Waals surface area contributed by atoms with E-state index in [0.717, 1.165) is 28.4 Å². The van der Waals surface area contributed by atoms with Gasteiger partial charge < -0.3 is 5.32 Å². The quantitative estimate of drug-likeness (QED) is 0.409. The highest BCUT2D eigenvalue weighted by molar-refractivity contribution is 8.28. The number of aromatic nitrogens is 1. The van der Waals surface area contributed by atoms with Crippen molar-refractivity contribution in [3.63, 3.8) is 0 Å². The van der Waals surface area contributed by atoms with Crippen molar-refractivity contribution in [2.75, 3.05) is 18.4 Å². The summed E-state index contributed by atoms with van der Waals surface area (Å²) in [5, 5.41) is 5.23. The molecule has 2 heterocycles. The number of para-hydroxylation sites is 1. The average molecular weight is 459 g/mol. The molecule has 30 heavy (non-hydrogen) atoms. The predicted octanol–water partition coefficient (Wildman–Crippen LogP) is 5.13. The first-order valence-electron chi connectivity index (χ1n) is 9.18. The number of halogens is 2. The van der Waals surface area contributed by atoms with Crippen molar-refractivity contribution in [1.82, 2.24) is 9.88 Å². The molecule has 0 spiro atoms. The zero-order chi connectivity index (χ0) is 21.1. The lowest BCUT2D eigenvalue weighted by molar-refractivity contribution is -0.136. The van der Waals surface area contributed by atoms with Gasteiger partial charge in [0, 0.05) is 35.4 Å². The van der Waals surface area contributed by atoms with Crippen LogP contribution in [0.4, 0.5) is 11.4 Å². The summed E-state index contributed by atoms with van der Waals surface area (Å²) in [5.74, 6) is -0.560. The number of pyridine rings is 1. The molecule has 2 aromatic carbocycles. The van der Waals surface area contributed by atoms with Crippen molar-refractivity contribution >= 4 is 73.4 Å². The average Bonchev–Trinajstić information content (AvgIpc) is 3.00. The van der Waals surface area contributed by atoms with Gasteiger partial charge in [-0.1, -0.05) is 35.3 Å². The summed E-state index contributed by atoms with van der Waals surface area (Å²) in [4.78, 5) is 34.3. The molecule has 1 amide bonds. The lowest BCUT2D eigenvalue weighted by Gasteiger charge is -2.16. The van der Waals surface area contributed by atoms with Crippen LogP contribution in [0.25, 0.3) is 10.9 Å². The number of amidine groups is 1. The molecule has 4 rings (SSSR count). The third-order valence-electron chi connectivity index (χ3n) is 4.48. The number of carbonyl (C=O) groups excluding carboxylic acids is 2. The molecule has 0 bridgehead atoms. The molecule has 0 aliphatic carbocycles. The van der Waals surface area contributed by atoms with Crippen LogP contribution in [0.15, 0.2) is 59.7 Å². The number of benzene rings is 2. The molecule has 9 heteroatoms. The Morgan fingerprint density at radius 2 is 1.93 bits per heavy atom. The molecule has 0 radical (unpaired) electrons. The molecule has 1 aliphatic heterocycles. The van der Waals surface area contributed by atoms with Crippen molar-refractivity contribution in [2.45, 2.75) is 6.42 Å². The molecular weight excluding hydrogens is 443 g/mol. The lowest BCUT2D eigenvalue weighted by Crippen LogP contribution is -2.32. The Hall–Kier alpha value is -2.61. The molecule has 0 unspecified atom stereocenters. The zero-order valence-corrected chi connectivity index (χ0v) is 18.0. The second kappa shape index (κ2) is 9.04. The Kier molecular flexibility index (Phi) is 6.22. The minimum Gasteiger partial charge on any atom is -0.384 e. The van der Waals surface area contributed by atoms with E-state index in [1.165, 1.54) is 4.90 Å². The predicted molar refractivity (Wildman–Crippen MR) is 123 cm³/mol. The number of carbonyl (C=O) groups is 2. The van der Waals surface area contributed by atoms with Gasteiger partial charge in [0.2, 0.25) is 0 Å². The Morgan fingerprint density at radius 3 is 2.77 bits per heavy atom.